The quantitative estimate of drug-likeness (QED) is 0.628. The molecule has 0 amide bonds. The predicted molar refractivity (Wildman–Crippen MR) is 101 cm³/mol. The number of carbonyl (C=O) groups is 1. The molecule has 1 unspecified atom stereocenters. The first-order valence-corrected chi connectivity index (χ1v) is 9.57. The van der Waals surface area contributed by atoms with Crippen LogP contribution in [-0.2, 0) is 28.7 Å². The Balaban J connectivity index is 2.19. The fourth-order valence-corrected chi connectivity index (χ4v) is 3.36. The van der Waals surface area contributed by atoms with Crippen LogP contribution in [0.25, 0.3) is 10.8 Å². The molecule has 146 valence electrons. The number of aliphatic carboxylic acids is 1. The van der Waals surface area contributed by atoms with Crippen molar-refractivity contribution in [3.8, 4) is 11.6 Å². The highest BCUT2D eigenvalue weighted by Gasteiger charge is 2.17. The largest absolute Gasteiger partial charge is 0.768 e. The lowest BCUT2D eigenvalue weighted by atomic mass is 9.98. The Morgan fingerprint density at radius 2 is 2.04 bits per heavy atom. The van der Waals surface area contributed by atoms with Gasteiger partial charge in [0.2, 0.25) is 5.88 Å². The number of carboxylic acid groups (broad SMARTS) is 1. The highest BCUT2D eigenvalue weighted by Crippen LogP contribution is 2.37. The summed E-state index contributed by atoms with van der Waals surface area (Å²) >= 11 is -2.42. The van der Waals surface area contributed by atoms with Crippen LogP contribution in [0.2, 0.25) is 0 Å². The van der Waals surface area contributed by atoms with Gasteiger partial charge in [-0.3, -0.25) is 9.00 Å². The van der Waals surface area contributed by atoms with Gasteiger partial charge in [0, 0.05) is 22.0 Å². The molecule has 0 spiro atoms. The normalized spacial score (nSPS) is 12.1. The van der Waals surface area contributed by atoms with E-state index in [1.54, 1.807) is 19.1 Å². The predicted octanol–water partition coefficient (Wildman–Crippen LogP) is 3.90. The first-order valence-electron chi connectivity index (χ1n) is 8.49. The van der Waals surface area contributed by atoms with Crippen LogP contribution in [0.4, 0.5) is 4.39 Å². The van der Waals surface area contributed by atoms with Crippen molar-refractivity contribution in [2.75, 3.05) is 0 Å². The van der Waals surface area contributed by atoms with Crippen molar-refractivity contribution in [2.24, 2.45) is 0 Å². The summed E-state index contributed by atoms with van der Waals surface area (Å²) in [7, 11) is 0. The summed E-state index contributed by atoms with van der Waals surface area (Å²) in [6, 6.07) is 7.32. The van der Waals surface area contributed by atoms with Gasteiger partial charge in [-0.2, -0.15) is 0 Å². The van der Waals surface area contributed by atoms with E-state index in [2.05, 4.69) is 4.98 Å². The Hall–Kier alpha value is -2.84. The molecule has 0 saturated heterocycles. The number of aromatic nitrogens is 1. The summed E-state index contributed by atoms with van der Waals surface area (Å²) in [5, 5.41) is 10.3. The van der Waals surface area contributed by atoms with E-state index >= 15 is 0 Å². The van der Waals surface area contributed by atoms with Gasteiger partial charge in [-0.05, 0) is 59.1 Å². The zero-order valence-electron chi connectivity index (χ0n) is 15.2. The van der Waals surface area contributed by atoms with Gasteiger partial charge in [-0.15, -0.1) is 0 Å². The topological polar surface area (TPSA) is 99.5 Å². The number of benzene rings is 2. The third-order valence-electron chi connectivity index (χ3n) is 4.43. The number of hydrogen-bond donors (Lipinski definition) is 1. The van der Waals surface area contributed by atoms with E-state index in [-0.39, 0.29) is 17.2 Å². The van der Waals surface area contributed by atoms with Gasteiger partial charge in [-0.25, -0.2) is 9.37 Å². The minimum atomic E-state index is -2.42. The van der Waals surface area contributed by atoms with Crippen molar-refractivity contribution < 1.29 is 27.8 Å². The van der Waals surface area contributed by atoms with Gasteiger partial charge in [0.1, 0.15) is 11.6 Å². The van der Waals surface area contributed by atoms with Crippen LogP contribution in [0.3, 0.4) is 0 Å². The molecular formula is C20H17FNO5S-. The van der Waals surface area contributed by atoms with Gasteiger partial charge in [-0.1, -0.05) is 19.1 Å². The number of rotatable bonds is 6. The van der Waals surface area contributed by atoms with Gasteiger partial charge in [0.05, 0.1) is 6.42 Å². The standard InChI is InChI=1S/C20H18FNO5S/c1-3-12-7-16(28(25)26)10-22-20(12)27-19-11(2)14(8-18(23)24)6-13-4-5-15(21)9-17(13)19/h4-7,9-10H,3,8H2,1-2H3,(H,23,24)(H,25,26)/p-1. The molecular weight excluding hydrogens is 385 g/mol. The lowest BCUT2D eigenvalue weighted by Crippen LogP contribution is -2.05. The lowest BCUT2D eigenvalue weighted by Gasteiger charge is -2.17. The molecule has 0 aliphatic rings. The van der Waals surface area contributed by atoms with Crippen LogP contribution in [-0.4, -0.2) is 24.8 Å². The Bertz CT molecular complexity index is 1100. The van der Waals surface area contributed by atoms with Crippen molar-refractivity contribution >= 4 is 27.8 Å². The molecule has 6 nitrogen and oxygen atoms in total. The van der Waals surface area contributed by atoms with Gasteiger partial charge < -0.3 is 14.4 Å². The molecule has 0 aliphatic carbocycles. The molecule has 0 bridgehead atoms. The van der Waals surface area contributed by atoms with E-state index in [1.165, 1.54) is 24.4 Å². The van der Waals surface area contributed by atoms with E-state index in [1.807, 2.05) is 6.92 Å². The maximum absolute atomic E-state index is 13.9. The molecule has 1 N–H and O–H groups in total. The first kappa shape index (κ1) is 19.9. The maximum atomic E-state index is 13.9. The number of ether oxygens (including phenoxy) is 1. The third-order valence-corrected chi connectivity index (χ3v) is 5.03. The smallest absolute Gasteiger partial charge is 0.307 e. The van der Waals surface area contributed by atoms with E-state index in [4.69, 9.17) is 4.74 Å². The molecule has 1 atom stereocenters. The summed E-state index contributed by atoms with van der Waals surface area (Å²) in [6.07, 6.45) is 1.43. The molecule has 8 heteroatoms. The number of pyridine rings is 1. The molecule has 3 rings (SSSR count). The summed E-state index contributed by atoms with van der Waals surface area (Å²) in [5.41, 5.74) is 1.66. The lowest BCUT2D eigenvalue weighted by molar-refractivity contribution is -0.136. The number of hydrogen-bond acceptors (Lipinski definition) is 5. The summed E-state index contributed by atoms with van der Waals surface area (Å²) < 4.78 is 42.2. The van der Waals surface area contributed by atoms with Crippen LogP contribution in [0.15, 0.2) is 41.4 Å². The van der Waals surface area contributed by atoms with Crippen molar-refractivity contribution in [3.05, 3.63) is 59.0 Å². The zero-order chi connectivity index (χ0) is 20.4. The van der Waals surface area contributed by atoms with Crippen molar-refractivity contribution in [2.45, 2.75) is 31.6 Å². The maximum Gasteiger partial charge on any atom is 0.307 e. The number of carboxylic acids is 1. The Morgan fingerprint density at radius 3 is 2.68 bits per heavy atom. The fraction of sp³-hybridized carbons (Fsp3) is 0.200. The number of halogens is 1. The molecule has 1 aromatic heterocycles. The highest BCUT2D eigenvalue weighted by molar-refractivity contribution is 7.79. The van der Waals surface area contributed by atoms with Gasteiger partial charge in [0.25, 0.3) is 0 Å². The minimum Gasteiger partial charge on any atom is -0.768 e. The Kier molecular flexibility index (Phi) is 5.71. The first-order chi connectivity index (χ1) is 13.3. The molecule has 1 heterocycles. The van der Waals surface area contributed by atoms with E-state index in [0.717, 1.165) is 0 Å². The second kappa shape index (κ2) is 8.04. The number of aryl methyl sites for hydroxylation is 1. The fourth-order valence-electron chi connectivity index (χ4n) is 2.98. The van der Waals surface area contributed by atoms with Crippen LogP contribution in [0, 0.1) is 12.7 Å². The average molecular weight is 402 g/mol. The van der Waals surface area contributed by atoms with Gasteiger partial charge in [0.15, 0.2) is 0 Å². The van der Waals surface area contributed by atoms with Crippen molar-refractivity contribution in [3.63, 3.8) is 0 Å². The SMILES string of the molecule is CCc1cc(S(=O)[O-])cnc1Oc1c(C)c(CC(=O)O)cc2ccc(F)cc12. The van der Waals surface area contributed by atoms with E-state index in [0.29, 0.717) is 39.6 Å². The number of nitrogens with zero attached hydrogens (tertiary/aromatic N) is 1. The van der Waals surface area contributed by atoms with Crippen LogP contribution < -0.4 is 4.74 Å². The average Bonchev–Trinajstić information content (AvgIpc) is 2.65. The monoisotopic (exact) mass is 402 g/mol. The minimum absolute atomic E-state index is 0.0384. The Morgan fingerprint density at radius 1 is 1.29 bits per heavy atom. The molecule has 0 aliphatic heterocycles. The van der Waals surface area contributed by atoms with Crippen molar-refractivity contribution in [1.82, 2.24) is 4.98 Å². The van der Waals surface area contributed by atoms with Gasteiger partial charge >= 0.3 is 5.97 Å². The molecule has 0 radical (unpaired) electrons. The molecule has 2 aromatic carbocycles. The van der Waals surface area contributed by atoms with Crippen molar-refractivity contribution in [1.29, 1.82) is 0 Å². The Labute approximate surface area is 163 Å². The highest BCUT2D eigenvalue weighted by atomic mass is 32.2. The van der Waals surface area contributed by atoms with E-state index in [9.17, 15) is 23.1 Å². The number of fused-ring (bicyclic) bond motifs is 1. The van der Waals surface area contributed by atoms with E-state index < -0.39 is 22.9 Å². The second-order valence-corrected chi connectivity index (χ2v) is 7.19. The summed E-state index contributed by atoms with van der Waals surface area (Å²) in [5.74, 6) is -0.960. The zero-order valence-corrected chi connectivity index (χ0v) is 16.0. The summed E-state index contributed by atoms with van der Waals surface area (Å²) in [4.78, 5) is 15.4. The molecule has 0 fully saturated rings. The second-order valence-electron chi connectivity index (χ2n) is 6.25. The van der Waals surface area contributed by atoms with Crippen LogP contribution in [0.1, 0.15) is 23.6 Å². The third kappa shape index (κ3) is 4.02. The summed E-state index contributed by atoms with van der Waals surface area (Å²) in [6.45, 7) is 3.53. The molecule has 28 heavy (non-hydrogen) atoms. The van der Waals surface area contributed by atoms with Crippen LogP contribution in [0.5, 0.6) is 11.6 Å². The molecule has 3 aromatic rings. The molecule has 0 saturated carbocycles. The van der Waals surface area contributed by atoms with Crippen LogP contribution >= 0.6 is 0 Å².